The Morgan fingerprint density at radius 1 is 1.14 bits per heavy atom. The Balaban J connectivity index is 2.28. The fraction of sp³-hybridized carbons (Fsp3) is 0.533. The molecule has 5 atom stereocenters. The van der Waals surface area contributed by atoms with Gasteiger partial charge in [-0.3, -0.25) is 4.79 Å². The van der Waals surface area contributed by atoms with Crippen molar-refractivity contribution in [3.05, 3.63) is 69.7 Å². The van der Waals surface area contributed by atoms with Crippen LogP contribution in [0.1, 0.15) is 82.9 Å². The van der Waals surface area contributed by atoms with Crippen LogP contribution in [-0.4, -0.2) is 39.8 Å². The van der Waals surface area contributed by atoms with E-state index >= 15 is 0 Å². The lowest BCUT2D eigenvalue weighted by Gasteiger charge is -2.54. The van der Waals surface area contributed by atoms with Crippen LogP contribution in [0.25, 0.3) is 0 Å². The molecule has 2 aromatic rings. The molecule has 5 nitrogen and oxygen atoms in total. The van der Waals surface area contributed by atoms with E-state index in [1.807, 2.05) is 81.1 Å². The molecule has 4 unspecified atom stereocenters. The molecule has 1 aliphatic heterocycles. The standard InChI is InChI=1S/C30H38Cl2N2O3/c1-5-24(15-29(3,4)19-33)34-27(20-10-12-22(31)13-11-20)26(21-8-7-9-23(32)14-21)17-30(6-2,28(34)37)16-25(36)18-35/h7-14,24-27,35-36H,5-6,15-18H2,1-4H3/t24?,25?,26-,27?,30?/m1/s1. The molecule has 2 N–H and O–H groups in total. The minimum Gasteiger partial charge on any atom is -0.394 e. The Morgan fingerprint density at radius 2 is 1.81 bits per heavy atom. The Kier molecular flexibility index (Phi) is 9.69. The number of aliphatic hydroxyl groups is 2. The van der Waals surface area contributed by atoms with Crippen LogP contribution in [0.5, 0.6) is 0 Å². The minimum atomic E-state index is -1.01. The van der Waals surface area contributed by atoms with Crippen molar-refractivity contribution in [2.75, 3.05) is 6.61 Å². The fourth-order valence-corrected chi connectivity index (χ4v) is 6.22. The number of carbonyl (C=O) groups excluding carboxylic acids is 1. The van der Waals surface area contributed by atoms with Gasteiger partial charge in [-0.15, -0.1) is 0 Å². The molecule has 3 rings (SSSR count). The number of aliphatic hydroxyl groups excluding tert-OH is 2. The average molecular weight is 546 g/mol. The SMILES string of the molecule is CCC(CC(C)(C)C#N)N1C(=O)C(CC)(CC(O)CO)C[C@H](c2cccc(Cl)c2)C1c1ccc(Cl)cc1. The summed E-state index contributed by atoms with van der Waals surface area (Å²) in [5.74, 6) is -0.163. The average Bonchev–Trinajstić information content (AvgIpc) is 2.88. The van der Waals surface area contributed by atoms with Crippen LogP contribution in [0.15, 0.2) is 48.5 Å². The number of halogens is 2. The van der Waals surface area contributed by atoms with Gasteiger partial charge in [0.2, 0.25) is 5.91 Å². The summed E-state index contributed by atoms with van der Waals surface area (Å²) in [7, 11) is 0. The normalized spacial score (nSPS) is 24.0. The summed E-state index contributed by atoms with van der Waals surface area (Å²) >= 11 is 12.7. The number of likely N-dealkylation sites (tertiary alicyclic amines) is 1. The van der Waals surface area contributed by atoms with Gasteiger partial charge < -0.3 is 15.1 Å². The fourth-order valence-electron chi connectivity index (χ4n) is 5.90. The first-order valence-corrected chi connectivity index (χ1v) is 13.8. The molecule has 1 amide bonds. The molecule has 0 aromatic heterocycles. The maximum absolute atomic E-state index is 14.6. The highest BCUT2D eigenvalue weighted by Gasteiger charge is 2.53. The molecule has 0 aliphatic carbocycles. The van der Waals surface area contributed by atoms with E-state index < -0.39 is 23.5 Å². The summed E-state index contributed by atoms with van der Waals surface area (Å²) in [6, 6.07) is 17.2. The Morgan fingerprint density at radius 3 is 2.35 bits per heavy atom. The first kappa shape index (κ1) is 29.5. The summed E-state index contributed by atoms with van der Waals surface area (Å²) in [6.45, 7) is 7.41. The molecule has 1 saturated heterocycles. The molecule has 200 valence electrons. The Bertz CT molecular complexity index is 1110. The van der Waals surface area contributed by atoms with Crippen LogP contribution in [0.3, 0.4) is 0 Å². The van der Waals surface area contributed by atoms with Gasteiger partial charge in [-0.2, -0.15) is 5.26 Å². The van der Waals surface area contributed by atoms with Gasteiger partial charge in [0.1, 0.15) is 0 Å². The zero-order valence-corrected chi connectivity index (χ0v) is 23.6. The van der Waals surface area contributed by atoms with Gasteiger partial charge in [-0.25, -0.2) is 0 Å². The molecule has 0 spiro atoms. The molecule has 2 aromatic carbocycles. The number of benzene rings is 2. The minimum absolute atomic E-state index is 0.0404. The zero-order valence-electron chi connectivity index (χ0n) is 22.1. The second kappa shape index (κ2) is 12.2. The topological polar surface area (TPSA) is 84.6 Å². The van der Waals surface area contributed by atoms with Crippen molar-refractivity contribution in [2.45, 2.75) is 83.9 Å². The Labute approximate surface area is 231 Å². The molecule has 1 aliphatic rings. The van der Waals surface area contributed by atoms with E-state index in [0.717, 1.165) is 11.1 Å². The molecular weight excluding hydrogens is 507 g/mol. The summed E-state index contributed by atoms with van der Waals surface area (Å²) in [5, 5.41) is 31.3. The van der Waals surface area contributed by atoms with E-state index in [4.69, 9.17) is 23.2 Å². The van der Waals surface area contributed by atoms with Crippen molar-refractivity contribution in [1.29, 1.82) is 5.26 Å². The molecule has 1 fully saturated rings. The van der Waals surface area contributed by atoms with Crippen LogP contribution in [0.4, 0.5) is 0 Å². The molecule has 37 heavy (non-hydrogen) atoms. The number of amides is 1. The third kappa shape index (κ3) is 6.49. The van der Waals surface area contributed by atoms with E-state index in [1.54, 1.807) is 0 Å². The van der Waals surface area contributed by atoms with Crippen LogP contribution in [0.2, 0.25) is 10.0 Å². The van der Waals surface area contributed by atoms with Crippen molar-refractivity contribution in [3.63, 3.8) is 0 Å². The monoisotopic (exact) mass is 544 g/mol. The predicted octanol–water partition coefficient (Wildman–Crippen LogP) is 6.91. The van der Waals surface area contributed by atoms with Crippen LogP contribution in [0, 0.1) is 22.2 Å². The van der Waals surface area contributed by atoms with Gasteiger partial charge in [0.25, 0.3) is 0 Å². The van der Waals surface area contributed by atoms with E-state index in [2.05, 4.69) is 6.07 Å². The number of nitriles is 1. The quantitative estimate of drug-likeness (QED) is 0.340. The number of rotatable bonds is 10. The number of nitrogens with zero attached hydrogens (tertiary/aromatic N) is 2. The molecule has 1 heterocycles. The maximum atomic E-state index is 14.6. The number of hydrogen-bond donors (Lipinski definition) is 2. The van der Waals surface area contributed by atoms with Crippen molar-refractivity contribution in [3.8, 4) is 6.07 Å². The van der Waals surface area contributed by atoms with E-state index in [-0.39, 0.29) is 30.3 Å². The zero-order chi connectivity index (χ0) is 27.4. The lowest BCUT2D eigenvalue weighted by atomic mass is 9.64. The van der Waals surface area contributed by atoms with E-state index in [1.165, 1.54) is 0 Å². The van der Waals surface area contributed by atoms with Gasteiger partial charge in [-0.05, 0) is 81.3 Å². The molecule has 0 radical (unpaired) electrons. The van der Waals surface area contributed by atoms with Gasteiger partial charge >= 0.3 is 0 Å². The van der Waals surface area contributed by atoms with Gasteiger partial charge in [0, 0.05) is 22.0 Å². The number of hydrogen-bond acceptors (Lipinski definition) is 4. The summed E-state index contributed by atoms with van der Waals surface area (Å²) in [6.07, 6.45) is 1.36. The van der Waals surface area contributed by atoms with Crippen LogP contribution >= 0.6 is 23.2 Å². The number of carbonyl (C=O) groups is 1. The third-order valence-electron chi connectivity index (χ3n) is 7.90. The second-order valence-electron chi connectivity index (χ2n) is 11.0. The molecule has 0 saturated carbocycles. The highest BCUT2D eigenvalue weighted by molar-refractivity contribution is 6.30. The first-order valence-electron chi connectivity index (χ1n) is 13.0. The van der Waals surface area contributed by atoms with Crippen LogP contribution < -0.4 is 0 Å². The second-order valence-corrected chi connectivity index (χ2v) is 11.9. The van der Waals surface area contributed by atoms with Crippen molar-refractivity contribution in [2.24, 2.45) is 10.8 Å². The largest absolute Gasteiger partial charge is 0.394 e. The van der Waals surface area contributed by atoms with E-state index in [9.17, 15) is 20.3 Å². The van der Waals surface area contributed by atoms with Crippen molar-refractivity contribution in [1.82, 2.24) is 4.90 Å². The lowest BCUT2D eigenvalue weighted by molar-refractivity contribution is -0.160. The maximum Gasteiger partial charge on any atom is 0.229 e. The van der Waals surface area contributed by atoms with Crippen molar-refractivity contribution < 1.29 is 15.0 Å². The first-order chi connectivity index (χ1) is 17.5. The van der Waals surface area contributed by atoms with Crippen molar-refractivity contribution >= 4 is 29.1 Å². The summed E-state index contributed by atoms with van der Waals surface area (Å²) < 4.78 is 0. The van der Waals surface area contributed by atoms with Gasteiger partial charge in [0.15, 0.2) is 0 Å². The molecule has 0 bridgehead atoms. The molecular formula is C30H38Cl2N2O3. The van der Waals surface area contributed by atoms with Crippen LogP contribution in [-0.2, 0) is 4.79 Å². The Hall–Kier alpha value is -2.10. The molecule has 7 heteroatoms. The van der Waals surface area contributed by atoms with Gasteiger partial charge in [-0.1, -0.05) is 61.3 Å². The predicted molar refractivity (Wildman–Crippen MR) is 148 cm³/mol. The summed E-state index contributed by atoms with van der Waals surface area (Å²) in [5.41, 5.74) is 0.468. The van der Waals surface area contributed by atoms with Gasteiger partial charge in [0.05, 0.1) is 35.7 Å². The summed E-state index contributed by atoms with van der Waals surface area (Å²) in [4.78, 5) is 16.6. The highest BCUT2D eigenvalue weighted by atomic mass is 35.5. The highest BCUT2D eigenvalue weighted by Crippen LogP contribution is 2.54. The number of piperidine rings is 1. The smallest absolute Gasteiger partial charge is 0.229 e. The third-order valence-corrected chi connectivity index (χ3v) is 8.38. The lowest BCUT2D eigenvalue weighted by Crippen LogP contribution is -2.57. The van der Waals surface area contributed by atoms with E-state index in [0.29, 0.717) is 35.7 Å².